The highest BCUT2D eigenvalue weighted by atomic mass is 32.2. The molecule has 1 nitrogen and oxygen atoms in total. The first-order valence-corrected chi connectivity index (χ1v) is 6.88. The minimum Gasteiger partial charge on any atom is -0.310 e. The SMILES string of the molecule is CCNC(CSC)c1ccc(C(F)(F)F)c(F)c1. The quantitative estimate of drug-likeness (QED) is 0.823. The molecule has 0 aliphatic heterocycles. The molecular weight excluding hydrogens is 266 g/mol. The molecule has 1 atom stereocenters. The van der Waals surface area contributed by atoms with Crippen molar-refractivity contribution in [1.29, 1.82) is 0 Å². The third kappa shape index (κ3) is 3.88. The summed E-state index contributed by atoms with van der Waals surface area (Å²) in [5.41, 5.74) is -0.678. The maximum Gasteiger partial charge on any atom is 0.419 e. The molecule has 0 aliphatic carbocycles. The van der Waals surface area contributed by atoms with Crippen molar-refractivity contribution in [2.45, 2.75) is 19.1 Å². The van der Waals surface area contributed by atoms with Crippen molar-refractivity contribution in [3.63, 3.8) is 0 Å². The molecule has 1 rings (SSSR count). The number of benzene rings is 1. The molecule has 1 aromatic carbocycles. The van der Waals surface area contributed by atoms with Gasteiger partial charge >= 0.3 is 6.18 Å². The van der Waals surface area contributed by atoms with Crippen LogP contribution in [-0.4, -0.2) is 18.6 Å². The third-order valence-electron chi connectivity index (χ3n) is 2.48. The average Bonchev–Trinajstić information content (AvgIpc) is 2.27. The highest BCUT2D eigenvalue weighted by Gasteiger charge is 2.34. The van der Waals surface area contributed by atoms with E-state index in [1.54, 1.807) is 11.8 Å². The molecule has 1 unspecified atom stereocenters. The van der Waals surface area contributed by atoms with Gasteiger partial charge in [0.1, 0.15) is 5.82 Å². The van der Waals surface area contributed by atoms with E-state index in [0.717, 1.165) is 12.1 Å². The van der Waals surface area contributed by atoms with E-state index >= 15 is 0 Å². The van der Waals surface area contributed by atoms with Crippen molar-refractivity contribution >= 4 is 11.8 Å². The molecule has 0 heterocycles. The van der Waals surface area contributed by atoms with Crippen molar-refractivity contribution in [3.05, 3.63) is 35.1 Å². The average molecular weight is 281 g/mol. The summed E-state index contributed by atoms with van der Waals surface area (Å²) in [4.78, 5) is 0. The van der Waals surface area contributed by atoms with E-state index in [4.69, 9.17) is 0 Å². The molecule has 1 aromatic rings. The van der Waals surface area contributed by atoms with E-state index in [1.807, 2.05) is 13.2 Å². The Bertz CT molecular complexity index is 386. The summed E-state index contributed by atoms with van der Waals surface area (Å²) in [6.45, 7) is 2.57. The van der Waals surface area contributed by atoms with Gasteiger partial charge in [0.25, 0.3) is 0 Å². The summed E-state index contributed by atoms with van der Waals surface area (Å²) in [5.74, 6) is -0.539. The van der Waals surface area contributed by atoms with E-state index in [1.165, 1.54) is 6.07 Å². The maximum absolute atomic E-state index is 13.4. The smallest absolute Gasteiger partial charge is 0.310 e. The van der Waals surface area contributed by atoms with Crippen LogP contribution in [0.3, 0.4) is 0 Å². The topological polar surface area (TPSA) is 12.0 Å². The van der Waals surface area contributed by atoms with E-state index in [-0.39, 0.29) is 6.04 Å². The van der Waals surface area contributed by atoms with Gasteiger partial charge in [-0.05, 0) is 30.5 Å². The van der Waals surface area contributed by atoms with Gasteiger partial charge in [0, 0.05) is 11.8 Å². The van der Waals surface area contributed by atoms with Crippen molar-refractivity contribution in [3.8, 4) is 0 Å². The third-order valence-corrected chi connectivity index (χ3v) is 3.15. The standard InChI is InChI=1S/C12H15F4NS/c1-3-17-11(7-18-2)8-4-5-9(10(13)6-8)12(14,15)16/h4-6,11,17H,3,7H2,1-2H3. The van der Waals surface area contributed by atoms with Gasteiger partial charge in [0.2, 0.25) is 0 Å². The Hall–Kier alpha value is -0.750. The second kappa shape index (κ2) is 6.43. The van der Waals surface area contributed by atoms with Gasteiger partial charge in [-0.25, -0.2) is 4.39 Å². The van der Waals surface area contributed by atoms with Gasteiger partial charge in [-0.15, -0.1) is 0 Å². The molecule has 18 heavy (non-hydrogen) atoms. The van der Waals surface area contributed by atoms with Crippen LogP contribution in [0.4, 0.5) is 17.6 Å². The highest BCUT2D eigenvalue weighted by molar-refractivity contribution is 7.98. The van der Waals surface area contributed by atoms with Gasteiger partial charge in [0.05, 0.1) is 5.56 Å². The summed E-state index contributed by atoms with van der Waals surface area (Å²) in [6, 6.07) is 2.96. The first-order chi connectivity index (χ1) is 8.40. The summed E-state index contributed by atoms with van der Waals surface area (Å²) < 4.78 is 50.7. The second-order valence-electron chi connectivity index (χ2n) is 3.80. The monoisotopic (exact) mass is 281 g/mol. The van der Waals surface area contributed by atoms with Gasteiger partial charge in [-0.3, -0.25) is 0 Å². The first-order valence-electron chi connectivity index (χ1n) is 5.49. The lowest BCUT2D eigenvalue weighted by atomic mass is 10.1. The Labute approximate surface area is 108 Å². The molecule has 0 fully saturated rings. The Kier molecular flexibility index (Phi) is 5.47. The van der Waals surface area contributed by atoms with Crippen LogP contribution in [-0.2, 0) is 6.18 Å². The number of thioether (sulfide) groups is 1. The minimum absolute atomic E-state index is 0.137. The molecule has 1 N–H and O–H groups in total. The van der Waals surface area contributed by atoms with Gasteiger partial charge in [-0.1, -0.05) is 13.0 Å². The zero-order chi connectivity index (χ0) is 13.8. The van der Waals surface area contributed by atoms with Gasteiger partial charge < -0.3 is 5.32 Å². The van der Waals surface area contributed by atoms with E-state index in [0.29, 0.717) is 17.9 Å². The largest absolute Gasteiger partial charge is 0.419 e. The van der Waals surface area contributed by atoms with Crippen LogP contribution < -0.4 is 5.32 Å². The number of hydrogen-bond donors (Lipinski definition) is 1. The molecule has 0 saturated carbocycles. The molecule has 0 aliphatic rings. The molecule has 6 heteroatoms. The molecule has 102 valence electrons. The molecular formula is C12H15F4NS. The molecule has 0 saturated heterocycles. The number of alkyl halides is 3. The molecule has 0 radical (unpaired) electrons. The zero-order valence-electron chi connectivity index (χ0n) is 10.1. The Balaban J connectivity index is 3.01. The van der Waals surface area contributed by atoms with Crippen LogP contribution in [0.2, 0.25) is 0 Å². The van der Waals surface area contributed by atoms with Crippen LogP contribution in [0.25, 0.3) is 0 Å². The number of halogens is 4. The van der Waals surface area contributed by atoms with Crippen molar-refractivity contribution in [2.24, 2.45) is 0 Å². The summed E-state index contributed by atoms with van der Waals surface area (Å²) >= 11 is 1.55. The normalized spacial score (nSPS) is 13.7. The van der Waals surface area contributed by atoms with E-state index in [2.05, 4.69) is 5.32 Å². The molecule has 0 bridgehead atoms. The molecule has 0 spiro atoms. The fourth-order valence-corrected chi connectivity index (χ4v) is 2.31. The Morgan fingerprint density at radius 3 is 2.44 bits per heavy atom. The minimum atomic E-state index is -4.64. The lowest BCUT2D eigenvalue weighted by Gasteiger charge is -2.18. The number of hydrogen-bond acceptors (Lipinski definition) is 2. The van der Waals surface area contributed by atoms with Crippen molar-refractivity contribution in [1.82, 2.24) is 5.32 Å². The lowest BCUT2D eigenvalue weighted by Crippen LogP contribution is -2.23. The highest BCUT2D eigenvalue weighted by Crippen LogP contribution is 2.32. The van der Waals surface area contributed by atoms with Gasteiger partial charge in [-0.2, -0.15) is 24.9 Å². The van der Waals surface area contributed by atoms with Crippen LogP contribution in [0.1, 0.15) is 24.1 Å². The second-order valence-corrected chi connectivity index (χ2v) is 4.71. The number of rotatable bonds is 5. The van der Waals surface area contributed by atoms with Crippen LogP contribution >= 0.6 is 11.8 Å². The number of nitrogens with one attached hydrogen (secondary N) is 1. The summed E-state index contributed by atoms with van der Waals surface area (Å²) in [6.07, 6.45) is -2.75. The van der Waals surface area contributed by atoms with Gasteiger partial charge in [0.15, 0.2) is 0 Å². The Morgan fingerprint density at radius 2 is 2.00 bits per heavy atom. The lowest BCUT2D eigenvalue weighted by molar-refractivity contribution is -0.140. The fourth-order valence-electron chi connectivity index (χ4n) is 1.66. The molecule has 0 amide bonds. The summed E-state index contributed by atoms with van der Waals surface area (Å²) in [7, 11) is 0. The van der Waals surface area contributed by atoms with Crippen molar-refractivity contribution < 1.29 is 17.6 Å². The van der Waals surface area contributed by atoms with E-state index in [9.17, 15) is 17.6 Å². The predicted molar refractivity (Wildman–Crippen MR) is 66.2 cm³/mol. The van der Waals surface area contributed by atoms with E-state index < -0.39 is 17.6 Å². The first kappa shape index (κ1) is 15.3. The van der Waals surface area contributed by atoms with Crippen LogP contribution in [0.5, 0.6) is 0 Å². The Morgan fingerprint density at radius 1 is 1.33 bits per heavy atom. The maximum atomic E-state index is 13.4. The predicted octanol–water partition coefficient (Wildman–Crippen LogP) is 3.86. The fraction of sp³-hybridized carbons (Fsp3) is 0.500. The van der Waals surface area contributed by atoms with Crippen molar-refractivity contribution in [2.75, 3.05) is 18.6 Å². The van der Waals surface area contributed by atoms with Crippen LogP contribution in [0, 0.1) is 5.82 Å². The summed E-state index contributed by atoms with van der Waals surface area (Å²) in [5, 5.41) is 3.12. The zero-order valence-corrected chi connectivity index (χ0v) is 11.0. The van der Waals surface area contributed by atoms with Crippen LogP contribution in [0.15, 0.2) is 18.2 Å². The molecule has 0 aromatic heterocycles.